The van der Waals surface area contributed by atoms with Crippen molar-refractivity contribution < 1.29 is 14.2 Å². The lowest BCUT2D eigenvalue weighted by Gasteiger charge is -2.07. The summed E-state index contributed by atoms with van der Waals surface area (Å²) in [4.78, 5) is 0. The van der Waals surface area contributed by atoms with Crippen molar-refractivity contribution in [1.29, 1.82) is 0 Å². The van der Waals surface area contributed by atoms with E-state index >= 15 is 0 Å². The molecule has 220 valence electrons. The molecule has 0 aliphatic carbocycles. The monoisotopic (exact) mass is 562 g/mol. The zero-order valence-corrected chi connectivity index (χ0v) is 25.7. The van der Waals surface area contributed by atoms with Gasteiger partial charge in [-0.1, -0.05) is 127 Å². The van der Waals surface area contributed by atoms with Gasteiger partial charge >= 0.3 is 0 Å². The van der Waals surface area contributed by atoms with Gasteiger partial charge < -0.3 is 14.2 Å². The molecule has 0 rings (SSSR count). The summed E-state index contributed by atoms with van der Waals surface area (Å²) in [6, 6.07) is 0. The Balaban J connectivity index is 3.05. The first-order valence-corrected chi connectivity index (χ1v) is 16.5. The van der Waals surface area contributed by atoms with Crippen LogP contribution in [0.15, 0.2) is 24.3 Å². The Morgan fingerprint density at radius 2 is 0.649 bits per heavy atom. The maximum Gasteiger partial charge on any atom is 0.149 e. The van der Waals surface area contributed by atoms with E-state index in [1.165, 1.54) is 127 Å². The molecule has 0 saturated carbocycles. The highest BCUT2D eigenvalue weighted by Crippen LogP contribution is 2.15. The molecule has 0 aromatic carbocycles. The molecule has 0 bridgehead atoms. The van der Waals surface area contributed by atoms with Crippen LogP contribution in [0, 0.1) is 0 Å². The first-order valence-electron chi connectivity index (χ1n) is 15.4. The van der Waals surface area contributed by atoms with Crippen molar-refractivity contribution in [3.63, 3.8) is 0 Å². The number of hydrogen-bond acceptors (Lipinski definition) is 3. The molecule has 0 atom stereocenters. The molecular weight excluding hydrogens is 503 g/mol. The van der Waals surface area contributed by atoms with Crippen molar-refractivity contribution in [3.8, 4) is 0 Å². The summed E-state index contributed by atoms with van der Waals surface area (Å²) in [5.41, 5.74) is 2.36. The highest BCUT2D eigenvalue weighted by Gasteiger charge is 1.97. The maximum atomic E-state index is 5.75. The van der Waals surface area contributed by atoms with Crippen molar-refractivity contribution >= 4 is 23.2 Å². The van der Waals surface area contributed by atoms with Gasteiger partial charge in [-0.3, -0.25) is 0 Å². The molecule has 0 aliphatic rings. The van der Waals surface area contributed by atoms with Crippen LogP contribution in [-0.2, 0) is 14.2 Å². The van der Waals surface area contributed by atoms with E-state index in [0.717, 1.165) is 38.9 Å². The maximum absolute atomic E-state index is 5.75. The number of rotatable bonds is 32. The van der Waals surface area contributed by atoms with Crippen molar-refractivity contribution in [1.82, 2.24) is 0 Å². The Hall–Kier alpha value is -0.0600. The van der Waals surface area contributed by atoms with Crippen LogP contribution in [0.25, 0.3) is 0 Å². The number of unbranched alkanes of at least 4 members (excludes halogenated alkanes) is 18. The predicted molar refractivity (Wildman–Crippen MR) is 164 cm³/mol. The molecule has 0 aromatic rings. The zero-order chi connectivity index (χ0) is 27.1. The van der Waals surface area contributed by atoms with E-state index in [0.29, 0.717) is 25.3 Å². The second kappa shape index (κ2) is 32.2. The lowest BCUT2D eigenvalue weighted by molar-refractivity contribution is -0.131. The van der Waals surface area contributed by atoms with Crippen LogP contribution >= 0.6 is 23.2 Å². The minimum Gasteiger partial charge on any atom is -0.355 e. The van der Waals surface area contributed by atoms with E-state index in [1.54, 1.807) is 0 Å². The molecule has 3 nitrogen and oxygen atoms in total. The number of allylic oxidation sites excluding steroid dienone is 2. The van der Waals surface area contributed by atoms with Crippen molar-refractivity contribution in [2.24, 2.45) is 0 Å². The summed E-state index contributed by atoms with van der Waals surface area (Å²) in [6.07, 6.45) is 28.3. The predicted octanol–water partition coefficient (Wildman–Crippen LogP) is 11.1. The Labute approximate surface area is 241 Å². The smallest absolute Gasteiger partial charge is 0.149 e. The van der Waals surface area contributed by atoms with Crippen LogP contribution < -0.4 is 0 Å². The van der Waals surface area contributed by atoms with Gasteiger partial charge in [-0.2, -0.15) is 0 Å². The van der Waals surface area contributed by atoms with E-state index in [1.807, 2.05) is 0 Å². The number of alkyl halides is 2. The first-order chi connectivity index (χ1) is 18.2. The molecule has 0 spiro atoms. The van der Waals surface area contributed by atoms with Crippen molar-refractivity contribution in [2.75, 3.05) is 38.6 Å². The van der Waals surface area contributed by atoms with Gasteiger partial charge in [0.05, 0.1) is 0 Å². The molecule has 0 N–H and O–H groups in total. The van der Waals surface area contributed by atoms with Crippen LogP contribution in [0.1, 0.15) is 141 Å². The van der Waals surface area contributed by atoms with Crippen molar-refractivity contribution in [2.45, 2.75) is 141 Å². The summed E-state index contributed by atoms with van der Waals surface area (Å²) in [6.45, 7) is 10.2. The topological polar surface area (TPSA) is 27.7 Å². The van der Waals surface area contributed by atoms with Crippen molar-refractivity contribution in [3.05, 3.63) is 24.3 Å². The fourth-order valence-electron chi connectivity index (χ4n) is 4.39. The van der Waals surface area contributed by atoms with Gasteiger partial charge in [0.15, 0.2) is 0 Å². The normalized spacial score (nSPS) is 11.3. The van der Waals surface area contributed by atoms with Gasteiger partial charge in [0.2, 0.25) is 0 Å². The molecule has 0 aromatic heterocycles. The lowest BCUT2D eigenvalue weighted by Crippen LogP contribution is -2.06. The summed E-state index contributed by atoms with van der Waals surface area (Å²) in [5, 5.41) is 0. The second-order valence-electron chi connectivity index (χ2n) is 10.6. The van der Waals surface area contributed by atoms with E-state index in [9.17, 15) is 0 Å². The van der Waals surface area contributed by atoms with E-state index < -0.39 is 0 Å². The lowest BCUT2D eigenvalue weighted by atomic mass is 10.0. The molecule has 0 amide bonds. The van der Waals surface area contributed by atoms with Crippen LogP contribution in [0.5, 0.6) is 0 Å². The third-order valence-corrected chi connectivity index (χ3v) is 7.61. The zero-order valence-electron chi connectivity index (χ0n) is 24.2. The van der Waals surface area contributed by atoms with E-state index in [4.69, 9.17) is 37.4 Å². The van der Waals surface area contributed by atoms with Gasteiger partial charge in [0, 0.05) is 25.0 Å². The minimum absolute atomic E-state index is 0.347. The quantitative estimate of drug-likeness (QED) is 0.0353. The fourth-order valence-corrected chi connectivity index (χ4v) is 4.66. The molecule has 0 radical (unpaired) electrons. The van der Waals surface area contributed by atoms with E-state index in [-0.39, 0.29) is 0 Å². The molecule has 37 heavy (non-hydrogen) atoms. The average molecular weight is 564 g/mol. The van der Waals surface area contributed by atoms with Crippen LogP contribution in [-0.4, -0.2) is 38.6 Å². The molecule has 5 heteroatoms. The molecule has 0 unspecified atom stereocenters. The van der Waals surface area contributed by atoms with E-state index in [2.05, 4.69) is 13.2 Å². The third kappa shape index (κ3) is 32.1. The van der Waals surface area contributed by atoms with Gasteiger partial charge in [-0.15, -0.1) is 23.2 Å². The van der Waals surface area contributed by atoms with Crippen LogP contribution in [0.2, 0.25) is 0 Å². The van der Waals surface area contributed by atoms with Gasteiger partial charge in [-0.05, 0) is 38.5 Å². The first kappa shape index (κ1) is 36.9. The summed E-state index contributed by atoms with van der Waals surface area (Å²) < 4.78 is 16.5. The second-order valence-corrected chi connectivity index (χ2v) is 11.1. The Morgan fingerprint density at radius 3 is 0.946 bits per heavy atom. The number of ether oxygens (including phenoxy) is 3. The Kier molecular flexibility index (Phi) is 32.1. The Morgan fingerprint density at radius 1 is 0.378 bits per heavy atom. The number of halogens is 2. The average Bonchev–Trinajstić information content (AvgIpc) is 2.91. The molecule has 0 aliphatic heterocycles. The van der Waals surface area contributed by atoms with Gasteiger partial charge in [0.1, 0.15) is 13.6 Å². The third-order valence-electron chi connectivity index (χ3n) is 6.85. The molecule has 0 heterocycles. The largest absolute Gasteiger partial charge is 0.355 e. The van der Waals surface area contributed by atoms with Gasteiger partial charge in [-0.25, -0.2) is 0 Å². The fraction of sp³-hybridized carbons (Fsp3) is 0.875. The summed E-state index contributed by atoms with van der Waals surface area (Å²) in [7, 11) is 0. The highest BCUT2D eigenvalue weighted by molar-refractivity contribution is 6.19. The highest BCUT2D eigenvalue weighted by atomic mass is 35.5. The minimum atomic E-state index is 0.347. The standard InChI is InChI=1S/C32H60Cl2O3/c1-31(27-33)23-19-15-11-7-3-5-9-13-17-21-25-35-29-37-30-36-26-22-18-14-10-6-4-8-12-16-20-24-32(2)28-34/h1-30H2. The SMILES string of the molecule is C=C(CCl)CCCCCCCCCCCCOCOCOCCCCCCCCCCCCC(=C)CCl. The van der Waals surface area contributed by atoms with Gasteiger partial charge in [0.25, 0.3) is 0 Å². The van der Waals surface area contributed by atoms with Crippen LogP contribution in [0.3, 0.4) is 0 Å². The number of hydrogen-bond donors (Lipinski definition) is 0. The summed E-state index contributed by atoms with van der Waals surface area (Å²) in [5.74, 6) is 1.23. The Bertz CT molecular complexity index is 443. The summed E-state index contributed by atoms with van der Waals surface area (Å²) >= 11 is 11.5. The molecular formula is C32H60Cl2O3. The molecule has 0 saturated heterocycles. The van der Waals surface area contributed by atoms with Crippen LogP contribution in [0.4, 0.5) is 0 Å². The molecule has 0 fully saturated rings.